The Morgan fingerprint density at radius 3 is 2.60 bits per heavy atom. The van der Waals surface area contributed by atoms with Gasteiger partial charge in [-0.2, -0.15) is 11.1 Å². The molecule has 4 N–H and O–H groups in total. The molecule has 128 valence electrons. The lowest BCUT2D eigenvalue weighted by molar-refractivity contribution is 0.262. The Balaban J connectivity index is 1.84. The second-order valence-corrected chi connectivity index (χ2v) is 5.88. The zero-order valence-corrected chi connectivity index (χ0v) is 13.6. The minimum absolute atomic E-state index is 0.0912. The number of hydrogen-bond donors (Lipinski definition) is 4. The zero-order valence-electron chi connectivity index (χ0n) is 13.6. The van der Waals surface area contributed by atoms with Crippen molar-refractivity contribution in [3.8, 4) is 16.9 Å². The van der Waals surface area contributed by atoms with E-state index in [0.717, 1.165) is 22.1 Å². The van der Waals surface area contributed by atoms with Gasteiger partial charge >= 0.3 is 5.63 Å². The predicted octanol–water partition coefficient (Wildman–Crippen LogP) is 1.59. The van der Waals surface area contributed by atoms with Crippen molar-refractivity contribution in [2.75, 3.05) is 6.61 Å². The van der Waals surface area contributed by atoms with Gasteiger partial charge in [-0.25, -0.2) is 15.6 Å². The fraction of sp³-hybridized carbons (Fsp3) is 0.167. The summed E-state index contributed by atoms with van der Waals surface area (Å²) >= 11 is 0. The van der Waals surface area contributed by atoms with Gasteiger partial charge in [0.25, 0.3) is 0 Å². The highest BCUT2D eigenvalue weighted by atomic mass is 16.5. The molecule has 7 heteroatoms. The van der Waals surface area contributed by atoms with Crippen molar-refractivity contribution in [3.63, 3.8) is 0 Å². The maximum Gasteiger partial charge on any atom is 0.336 e. The van der Waals surface area contributed by atoms with Crippen LogP contribution in [0.1, 0.15) is 5.56 Å². The smallest absolute Gasteiger partial charge is 0.336 e. The van der Waals surface area contributed by atoms with Gasteiger partial charge in [-0.1, -0.05) is 30.3 Å². The molecular formula is C18H18N4O3. The summed E-state index contributed by atoms with van der Waals surface area (Å²) < 4.78 is 11.4. The van der Waals surface area contributed by atoms with E-state index in [9.17, 15) is 4.79 Å². The van der Waals surface area contributed by atoms with Crippen LogP contribution in [0.25, 0.3) is 22.1 Å². The van der Waals surface area contributed by atoms with Crippen LogP contribution >= 0.6 is 0 Å². The van der Waals surface area contributed by atoms with E-state index < -0.39 is 0 Å². The quantitative estimate of drug-likeness (QED) is 0.537. The van der Waals surface area contributed by atoms with Gasteiger partial charge in [0.2, 0.25) is 0 Å². The summed E-state index contributed by atoms with van der Waals surface area (Å²) in [6.07, 6.45) is -0.0912. The van der Waals surface area contributed by atoms with Crippen LogP contribution in [-0.2, 0) is 0 Å². The summed E-state index contributed by atoms with van der Waals surface area (Å²) in [6, 6.07) is 15.1. The summed E-state index contributed by atoms with van der Waals surface area (Å²) in [5.74, 6) is 0.674. The Labute approximate surface area is 143 Å². The van der Waals surface area contributed by atoms with Gasteiger partial charge in [0.05, 0.1) is 5.39 Å². The van der Waals surface area contributed by atoms with E-state index in [-0.39, 0.29) is 11.8 Å². The van der Waals surface area contributed by atoms with Crippen LogP contribution in [-0.4, -0.2) is 12.8 Å². The molecule has 3 aromatic rings. The maximum absolute atomic E-state index is 12.0. The molecule has 0 spiro atoms. The van der Waals surface area contributed by atoms with Crippen molar-refractivity contribution >= 4 is 11.0 Å². The summed E-state index contributed by atoms with van der Waals surface area (Å²) in [4.78, 5) is 12.0. The third-order valence-electron chi connectivity index (χ3n) is 4.00. The van der Waals surface area contributed by atoms with Gasteiger partial charge in [0, 0.05) is 11.6 Å². The van der Waals surface area contributed by atoms with Crippen molar-refractivity contribution in [2.45, 2.75) is 13.1 Å². The minimum atomic E-state index is -0.379. The summed E-state index contributed by atoms with van der Waals surface area (Å²) in [5.41, 5.74) is 14.3. The molecule has 0 saturated carbocycles. The molecule has 1 aliphatic rings. The van der Waals surface area contributed by atoms with Crippen LogP contribution in [0.5, 0.6) is 5.75 Å². The lowest BCUT2D eigenvalue weighted by Gasteiger charge is -2.15. The first kappa shape index (κ1) is 15.8. The predicted molar refractivity (Wildman–Crippen MR) is 94.5 cm³/mol. The number of nitrogens with one attached hydrogen (secondary N) is 4. The molecule has 1 aromatic heterocycles. The average molecular weight is 338 g/mol. The Morgan fingerprint density at radius 1 is 1.08 bits per heavy atom. The van der Waals surface area contributed by atoms with E-state index in [0.29, 0.717) is 17.9 Å². The van der Waals surface area contributed by atoms with E-state index in [2.05, 4.69) is 21.9 Å². The molecule has 1 aliphatic heterocycles. The number of rotatable bonds is 4. The highest BCUT2D eigenvalue weighted by Crippen LogP contribution is 2.35. The molecule has 4 rings (SSSR count). The second-order valence-electron chi connectivity index (χ2n) is 5.88. The average Bonchev–Trinajstić information content (AvgIpc) is 3.13. The number of benzene rings is 2. The molecule has 25 heavy (non-hydrogen) atoms. The SMILES string of the molecule is Cc1cc(OCC2NNNN2)c2c(-c3ccccc3)cc(=O)oc2c1. The van der Waals surface area contributed by atoms with Crippen LogP contribution in [0, 0.1) is 6.92 Å². The second kappa shape index (κ2) is 6.66. The fourth-order valence-corrected chi connectivity index (χ4v) is 2.89. The van der Waals surface area contributed by atoms with E-state index in [4.69, 9.17) is 9.15 Å². The normalized spacial score (nSPS) is 14.9. The molecule has 0 atom stereocenters. The molecule has 1 saturated heterocycles. The van der Waals surface area contributed by atoms with Crippen LogP contribution in [0.3, 0.4) is 0 Å². The molecule has 7 nitrogen and oxygen atoms in total. The van der Waals surface area contributed by atoms with E-state index in [1.54, 1.807) is 0 Å². The molecule has 0 aliphatic carbocycles. The molecular weight excluding hydrogens is 320 g/mol. The Morgan fingerprint density at radius 2 is 1.84 bits per heavy atom. The number of fused-ring (bicyclic) bond motifs is 1. The summed E-state index contributed by atoms with van der Waals surface area (Å²) in [5, 5.41) is 0.787. The van der Waals surface area contributed by atoms with Crippen LogP contribution < -0.4 is 32.3 Å². The lowest BCUT2D eigenvalue weighted by Crippen LogP contribution is -2.39. The molecule has 1 fully saturated rings. The third-order valence-corrected chi connectivity index (χ3v) is 4.00. The summed E-state index contributed by atoms with van der Waals surface area (Å²) in [6.45, 7) is 2.32. The van der Waals surface area contributed by atoms with Gasteiger partial charge in [-0.3, -0.25) is 0 Å². The fourth-order valence-electron chi connectivity index (χ4n) is 2.89. The highest BCUT2D eigenvalue weighted by molar-refractivity contribution is 5.98. The number of ether oxygens (including phenoxy) is 1. The molecule has 2 heterocycles. The van der Waals surface area contributed by atoms with E-state index in [1.807, 2.05) is 49.4 Å². The van der Waals surface area contributed by atoms with Gasteiger partial charge in [-0.05, 0) is 30.2 Å². The van der Waals surface area contributed by atoms with Crippen molar-refractivity contribution < 1.29 is 9.15 Å². The van der Waals surface area contributed by atoms with Gasteiger partial charge in [-0.15, -0.1) is 0 Å². The van der Waals surface area contributed by atoms with Crippen molar-refractivity contribution in [3.05, 3.63) is 64.5 Å². The van der Waals surface area contributed by atoms with Crippen molar-refractivity contribution in [1.29, 1.82) is 0 Å². The molecule has 0 bridgehead atoms. The summed E-state index contributed by atoms with van der Waals surface area (Å²) in [7, 11) is 0. The monoisotopic (exact) mass is 338 g/mol. The Hall–Kier alpha value is -2.71. The number of hydrazine groups is 3. The van der Waals surface area contributed by atoms with Gasteiger partial charge < -0.3 is 9.15 Å². The molecule has 0 unspecified atom stereocenters. The first-order chi connectivity index (χ1) is 12.2. The molecule has 2 aromatic carbocycles. The Kier molecular flexibility index (Phi) is 4.21. The van der Waals surface area contributed by atoms with Gasteiger partial charge in [0.15, 0.2) is 0 Å². The largest absolute Gasteiger partial charge is 0.490 e. The van der Waals surface area contributed by atoms with Crippen molar-refractivity contribution in [2.24, 2.45) is 0 Å². The highest BCUT2D eigenvalue weighted by Gasteiger charge is 2.17. The first-order valence-corrected chi connectivity index (χ1v) is 7.98. The van der Waals surface area contributed by atoms with Crippen LogP contribution in [0.15, 0.2) is 57.7 Å². The van der Waals surface area contributed by atoms with Gasteiger partial charge in [0.1, 0.15) is 24.1 Å². The van der Waals surface area contributed by atoms with Crippen molar-refractivity contribution in [1.82, 2.24) is 21.9 Å². The van der Waals surface area contributed by atoms with Crippen LogP contribution in [0.2, 0.25) is 0 Å². The zero-order chi connectivity index (χ0) is 17.2. The maximum atomic E-state index is 12.0. The topological polar surface area (TPSA) is 87.6 Å². The number of hydrogen-bond acceptors (Lipinski definition) is 7. The lowest BCUT2D eigenvalue weighted by atomic mass is 10.0. The molecule has 0 radical (unpaired) electrons. The van der Waals surface area contributed by atoms with E-state index in [1.165, 1.54) is 6.07 Å². The van der Waals surface area contributed by atoms with Crippen LogP contribution in [0.4, 0.5) is 0 Å². The number of aryl methyl sites for hydroxylation is 1. The Bertz CT molecular complexity index is 950. The minimum Gasteiger partial charge on any atom is -0.490 e. The first-order valence-electron chi connectivity index (χ1n) is 7.98. The standard InChI is InChI=1S/C18H18N4O3/c1-11-7-14(24-10-16-19-21-22-20-16)18-13(12-5-3-2-4-6-12)9-17(23)25-15(18)8-11/h2-9,16,19-22H,10H2,1H3. The third kappa shape index (κ3) is 3.26. The van der Waals surface area contributed by atoms with E-state index >= 15 is 0 Å². The molecule has 0 amide bonds.